The van der Waals surface area contributed by atoms with Crippen LogP contribution in [0.1, 0.15) is 52.0 Å². The predicted molar refractivity (Wildman–Crippen MR) is 148 cm³/mol. The lowest BCUT2D eigenvalue weighted by Gasteiger charge is -2.24. The van der Waals surface area contributed by atoms with Gasteiger partial charge in [0.05, 0.1) is 0 Å². The zero-order valence-corrected chi connectivity index (χ0v) is 23.6. The minimum absolute atomic E-state index is 0.129. The molecule has 0 spiro atoms. The monoisotopic (exact) mass is 562 g/mol. The molecular weight excluding hydrogens is 524 g/mol. The summed E-state index contributed by atoms with van der Waals surface area (Å²) in [5, 5.41) is 17.5. The van der Waals surface area contributed by atoms with Crippen LogP contribution >= 0.6 is 11.8 Å². The molecule has 0 radical (unpaired) electrons. The molecule has 11 nitrogen and oxygen atoms in total. The van der Waals surface area contributed by atoms with Crippen molar-refractivity contribution in [3.8, 4) is 0 Å². The number of carbonyl (C=O) groups is 5. The Hall–Kier alpha value is -3.38. The first-order valence-corrected chi connectivity index (χ1v) is 14.1. The molecule has 4 amide bonds. The Kier molecular flexibility index (Phi) is 13.0. The van der Waals surface area contributed by atoms with Crippen LogP contribution in [0, 0.1) is 5.92 Å². The summed E-state index contributed by atoms with van der Waals surface area (Å²) in [5.74, 6) is -1.58. The second kappa shape index (κ2) is 15.9. The second-order valence-electron chi connectivity index (χ2n) is 9.56. The van der Waals surface area contributed by atoms with Crippen LogP contribution in [0.5, 0.6) is 0 Å². The first kappa shape index (κ1) is 31.8. The van der Waals surface area contributed by atoms with E-state index in [2.05, 4.69) is 16.0 Å². The van der Waals surface area contributed by atoms with Gasteiger partial charge in [-0.1, -0.05) is 32.4 Å². The first-order valence-electron chi connectivity index (χ1n) is 12.9. The van der Waals surface area contributed by atoms with Crippen LogP contribution in [-0.4, -0.2) is 70.0 Å². The van der Waals surface area contributed by atoms with Gasteiger partial charge in [-0.25, -0.2) is 4.79 Å². The van der Waals surface area contributed by atoms with Gasteiger partial charge in [0.1, 0.15) is 24.9 Å². The van der Waals surface area contributed by atoms with Crippen LogP contribution in [0.25, 0.3) is 0 Å². The summed E-state index contributed by atoms with van der Waals surface area (Å²) < 4.78 is 5.04. The van der Waals surface area contributed by atoms with E-state index in [9.17, 15) is 29.1 Å². The maximum Gasteiger partial charge on any atom is 0.367 e. The third-order valence-electron chi connectivity index (χ3n) is 6.08. The normalized spacial score (nSPS) is 16.1. The molecule has 214 valence electrons. The van der Waals surface area contributed by atoms with Crippen molar-refractivity contribution in [1.29, 1.82) is 0 Å². The van der Waals surface area contributed by atoms with Crippen LogP contribution in [0.3, 0.4) is 0 Å². The lowest BCUT2D eigenvalue weighted by atomic mass is 10.0. The molecule has 1 aromatic carbocycles. The van der Waals surface area contributed by atoms with E-state index in [0.29, 0.717) is 31.5 Å². The van der Waals surface area contributed by atoms with Crippen LogP contribution in [-0.2, 0) is 30.5 Å². The van der Waals surface area contributed by atoms with Crippen molar-refractivity contribution in [2.75, 3.05) is 18.1 Å². The quantitative estimate of drug-likeness (QED) is 0.199. The average Bonchev–Trinajstić information content (AvgIpc) is 3.22. The molecule has 3 atom stereocenters. The third-order valence-corrected chi connectivity index (χ3v) is 6.53. The summed E-state index contributed by atoms with van der Waals surface area (Å²) in [6, 6.07) is 5.14. The van der Waals surface area contributed by atoms with Gasteiger partial charge in [0.25, 0.3) is 0 Å². The average molecular weight is 563 g/mol. The highest BCUT2D eigenvalue weighted by Gasteiger charge is 2.27. The Morgan fingerprint density at radius 1 is 1.03 bits per heavy atom. The highest BCUT2D eigenvalue weighted by atomic mass is 32.2. The lowest BCUT2D eigenvalue weighted by molar-refractivity contribution is -0.132. The molecule has 1 aromatic rings. The molecule has 1 aliphatic rings. The van der Waals surface area contributed by atoms with Crippen molar-refractivity contribution in [2.45, 2.75) is 71.4 Å². The molecule has 1 aliphatic heterocycles. The molecule has 4 N–H and O–H groups in total. The van der Waals surface area contributed by atoms with E-state index in [1.165, 1.54) is 17.1 Å². The summed E-state index contributed by atoms with van der Waals surface area (Å²) in [4.78, 5) is 62.1. The molecule has 0 saturated carbocycles. The first-order chi connectivity index (χ1) is 18.5. The molecule has 1 unspecified atom stereocenters. The van der Waals surface area contributed by atoms with Gasteiger partial charge in [0.15, 0.2) is 0 Å². The highest BCUT2D eigenvalue weighted by molar-refractivity contribution is 8.12. The van der Waals surface area contributed by atoms with Crippen LogP contribution in [0.15, 0.2) is 36.4 Å². The Bertz CT molecular complexity index is 1050. The summed E-state index contributed by atoms with van der Waals surface area (Å²) in [6.45, 7) is 5.70. The number of rotatable bonds is 14. The summed E-state index contributed by atoms with van der Waals surface area (Å²) in [7, 11) is 0. The van der Waals surface area contributed by atoms with Gasteiger partial charge in [0.2, 0.25) is 23.6 Å². The molecule has 0 aromatic heterocycles. The number of carbonyl (C=O) groups excluding carboxylic acids is 5. The highest BCUT2D eigenvalue weighted by Crippen LogP contribution is 2.13. The summed E-state index contributed by atoms with van der Waals surface area (Å²) in [5.41, 5.74) is 1.29. The smallest absolute Gasteiger partial charge is 0.367 e. The Morgan fingerprint density at radius 2 is 1.72 bits per heavy atom. The molecule has 2 rings (SSSR count). The lowest BCUT2D eigenvalue weighted by Crippen LogP contribution is -2.53. The molecule has 0 fully saturated rings. The fraction of sp³-hybridized carbons (Fsp3) is 0.519. The molecule has 1 heterocycles. The SMILES string of the molecule is CSC(=O)OCc1ccc(NC(=O)[C@H](C)NC(=O)[C@@H](NC(=O)CCCCCN2C(=O)C=CC2O)C(C)C)cc1. The molecule has 39 heavy (non-hydrogen) atoms. The number of amides is 4. The number of hydrogen-bond acceptors (Lipinski definition) is 8. The van der Waals surface area contributed by atoms with Gasteiger partial charge >= 0.3 is 5.30 Å². The predicted octanol–water partition coefficient (Wildman–Crippen LogP) is 2.55. The standard InChI is InChI=1S/C27H38N4O7S/c1-17(2)24(30-21(32)8-6-5-7-15-31-22(33)13-14-23(31)34)26(36)28-18(3)25(35)29-20-11-9-19(10-12-20)16-38-27(37)39-4/h9-14,17-18,22,24,33H,5-8,15-16H2,1-4H3,(H,28,36)(H,29,35)(H,30,32)/t18-,22?,24-/m0/s1. The molecule has 0 bridgehead atoms. The van der Waals surface area contributed by atoms with Crippen LogP contribution < -0.4 is 16.0 Å². The zero-order valence-electron chi connectivity index (χ0n) is 22.8. The van der Waals surface area contributed by atoms with E-state index in [4.69, 9.17) is 4.74 Å². The van der Waals surface area contributed by atoms with Crippen molar-refractivity contribution in [2.24, 2.45) is 5.92 Å². The van der Waals surface area contributed by atoms with Crippen molar-refractivity contribution >= 4 is 46.4 Å². The number of aliphatic hydroxyl groups is 1. The largest absolute Gasteiger partial charge is 0.453 e. The van der Waals surface area contributed by atoms with Crippen molar-refractivity contribution in [3.63, 3.8) is 0 Å². The number of nitrogens with one attached hydrogen (secondary N) is 3. The zero-order chi connectivity index (χ0) is 28.9. The third kappa shape index (κ3) is 10.7. The van der Waals surface area contributed by atoms with Gasteiger partial charge in [-0.3, -0.25) is 19.2 Å². The summed E-state index contributed by atoms with van der Waals surface area (Å²) >= 11 is 0.984. The van der Waals surface area contributed by atoms with Crippen molar-refractivity contribution in [3.05, 3.63) is 42.0 Å². The minimum Gasteiger partial charge on any atom is -0.453 e. The van der Waals surface area contributed by atoms with E-state index in [0.717, 1.165) is 17.3 Å². The number of nitrogens with zero attached hydrogens (tertiary/aromatic N) is 1. The summed E-state index contributed by atoms with van der Waals surface area (Å²) in [6.07, 6.45) is 5.63. The second-order valence-corrected chi connectivity index (χ2v) is 10.3. The molecule has 0 aliphatic carbocycles. The minimum atomic E-state index is -0.890. The molecular formula is C27H38N4O7S. The number of unbranched alkanes of at least 4 members (excludes halogenated alkanes) is 2. The van der Waals surface area contributed by atoms with Gasteiger partial charge in [-0.2, -0.15) is 0 Å². The number of anilines is 1. The van der Waals surface area contributed by atoms with E-state index in [1.807, 2.05) is 0 Å². The maximum atomic E-state index is 12.9. The fourth-order valence-corrected chi connectivity index (χ4v) is 3.95. The number of aliphatic hydroxyl groups excluding tert-OH is 1. The van der Waals surface area contributed by atoms with Gasteiger partial charge < -0.3 is 30.7 Å². The topological polar surface area (TPSA) is 154 Å². The molecule has 12 heteroatoms. The van der Waals surface area contributed by atoms with Crippen LogP contribution in [0.2, 0.25) is 0 Å². The van der Waals surface area contributed by atoms with E-state index in [-0.39, 0.29) is 36.1 Å². The Morgan fingerprint density at radius 3 is 2.31 bits per heavy atom. The number of hydrogen-bond donors (Lipinski definition) is 4. The number of ether oxygens (including phenoxy) is 1. The Balaban J connectivity index is 1.75. The Labute approximate surface area is 233 Å². The van der Waals surface area contributed by atoms with E-state index >= 15 is 0 Å². The maximum absolute atomic E-state index is 12.9. The number of thioether (sulfide) groups is 1. The van der Waals surface area contributed by atoms with E-state index in [1.54, 1.807) is 51.3 Å². The molecule has 0 saturated heterocycles. The van der Waals surface area contributed by atoms with Crippen molar-refractivity contribution in [1.82, 2.24) is 15.5 Å². The fourth-order valence-electron chi connectivity index (χ4n) is 3.77. The van der Waals surface area contributed by atoms with Gasteiger partial charge in [-0.05, 0) is 67.5 Å². The van der Waals surface area contributed by atoms with Crippen LogP contribution in [0.4, 0.5) is 10.5 Å². The van der Waals surface area contributed by atoms with Gasteiger partial charge in [-0.15, -0.1) is 0 Å². The van der Waals surface area contributed by atoms with E-state index < -0.39 is 30.1 Å². The van der Waals surface area contributed by atoms with Gasteiger partial charge in [0, 0.05) is 24.7 Å². The number of benzene rings is 1. The van der Waals surface area contributed by atoms with Crippen molar-refractivity contribution < 1.29 is 33.8 Å².